The zero-order valence-electron chi connectivity index (χ0n) is 8.53. The molecule has 0 aliphatic carbocycles. The molecule has 1 rings (SSSR count). The minimum Gasteiger partial charge on any atom is -0.399 e. The van der Waals surface area contributed by atoms with Gasteiger partial charge in [-0.1, -0.05) is 16.8 Å². The summed E-state index contributed by atoms with van der Waals surface area (Å²) >= 11 is 0. The summed E-state index contributed by atoms with van der Waals surface area (Å²) in [5.74, 6) is 0. The molecule has 0 aliphatic rings. The number of aryl methyl sites for hydroxylation is 1. The van der Waals surface area contributed by atoms with E-state index < -0.39 is 0 Å². The van der Waals surface area contributed by atoms with Gasteiger partial charge in [0, 0.05) is 5.56 Å². The van der Waals surface area contributed by atoms with Gasteiger partial charge in [-0.25, -0.2) is 0 Å². The summed E-state index contributed by atoms with van der Waals surface area (Å²) in [5.41, 5.74) is 3.26. The van der Waals surface area contributed by atoms with E-state index in [4.69, 9.17) is 5.26 Å². The molecular weight excluding hydrogens is 176 g/mol. The van der Waals surface area contributed by atoms with E-state index in [-0.39, 0.29) is 0 Å². The SMILES string of the molecule is CO/N=C(\C)c1cc(C)ccc1C#N. The molecule has 0 N–H and O–H groups in total. The minimum absolute atomic E-state index is 0.619. The highest BCUT2D eigenvalue weighted by molar-refractivity contribution is 6.00. The van der Waals surface area contributed by atoms with E-state index in [1.54, 1.807) is 6.07 Å². The molecule has 0 saturated carbocycles. The molecule has 0 atom stereocenters. The van der Waals surface area contributed by atoms with Gasteiger partial charge in [-0.3, -0.25) is 0 Å². The monoisotopic (exact) mass is 188 g/mol. The normalized spacial score (nSPS) is 10.9. The van der Waals surface area contributed by atoms with E-state index in [0.717, 1.165) is 11.1 Å². The first-order valence-electron chi connectivity index (χ1n) is 4.28. The van der Waals surface area contributed by atoms with Gasteiger partial charge in [-0.05, 0) is 26.0 Å². The molecule has 3 heteroatoms. The Morgan fingerprint density at radius 3 is 2.79 bits per heavy atom. The molecule has 0 fully saturated rings. The van der Waals surface area contributed by atoms with Crippen LogP contribution in [0.3, 0.4) is 0 Å². The maximum absolute atomic E-state index is 8.88. The summed E-state index contributed by atoms with van der Waals surface area (Å²) in [4.78, 5) is 4.68. The second kappa shape index (κ2) is 4.43. The number of nitrogens with zero attached hydrogens (tertiary/aromatic N) is 2. The maximum Gasteiger partial charge on any atom is 0.106 e. The van der Waals surface area contributed by atoms with E-state index in [2.05, 4.69) is 16.1 Å². The molecule has 0 saturated heterocycles. The number of hydrogen-bond acceptors (Lipinski definition) is 3. The van der Waals surface area contributed by atoms with Crippen molar-refractivity contribution in [1.82, 2.24) is 0 Å². The topological polar surface area (TPSA) is 45.4 Å². The van der Waals surface area contributed by atoms with Crippen LogP contribution in [0, 0.1) is 18.3 Å². The molecule has 0 heterocycles. The number of oxime groups is 1. The van der Waals surface area contributed by atoms with Crippen LogP contribution in [0.1, 0.15) is 23.6 Å². The minimum atomic E-state index is 0.619. The van der Waals surface area contributed by atoms with Crippen LogP contribution in [0.5, 0.6) is 0 Å². The van der Waals surface area contributed by atoms with Crippen molar-refractivity contribution >= 4 is 5.71 Å². The molecule has 0 amide bonds. The summed E-state index contributed by atoms with van der Waals surface area (Å²) in [6, 6.07) is 7.75. The van der Waals surface area contributed by atoms with Crippen molar-refractivity contribution < 1.29 is 4.84 Å². The second-order valence-electron chi connectivity index (χ2n) is 3.02. The Balaban J connectivity index is 3.25. The van der Waals surface area contributed by atoms with Gasteiger partial charge in [0.25, 0.3) is 0 Å². The Hall–Kier alpha value is -1.82. The second-order valence-corrected chi connectivity index (χ2v) is 3.02. The average Bonchev–Trinajstić information content (AvgIpc) is 2.18. The lowest BCUT2D eigenvalue weighted by Crippen LogP contribution is -1.99. The predicted molar refractivity (Wildman–Crippen MR) is 55.1 cm³/mol. The zero-order chi connectivity index (χ0) is 10.6. The van der Waals surface area contributed by atoms with Crippen molar-refractivity contribution in [1.29, 1.82) is 5.26 Å². The van der Waals surface area contributed by atoms with Crippen molar-refractivity contribution in [2.45, 2.75) is 13.8 Å². The van der Waals surface area contributed by atoms with Gasteiger partial charge in [0.2, 0.25) is 0 Å². The first-order chi connectivity index (χ1) is 6.69. The van der Waals surface area contributed by atoms with Crippen molar-refractivity contribution in [2.24, 2.45) is 5.16 Å². The largest absolute Gasteiger partial charge is 0.399 e. The Labute approximate surface area is 83.6 Å². The van der Waals surface area contributed by atoms with Gasteiger partial charge in [0.1, 0.15) is 7.11 Å². The maximum atomic E-state index is 8.88. The Kier molecular flexibility index (Phi) is 3.24. The van der Waals surface area contributed by atoms with Gasteiger partial charge in [0.15, 0.2) is 0 Å². The predicted octanol–water partition coefficient (Wildman–Crippen LogP) is 2.24. The highest BCUT2D eigenvalue weighted by atomic mass is 16.6. The first kappa shape index (κ1) is 10.3. The highest BCUT2D eigenvalue weighted by Crippen LogP contribution is 2.12. The van der Waals surface area contributed by atoms with E-state index in [9.17, 15) is 0 Å². The molecule has 0 aliphatic heterocycles. The van der Waals surface area contributed by atoms with Crippen LogP contribution >= 0.6 is 0 Å². The molecular formula is C11H12N2O. The Morgan fingerprint density at radius 1 is 1.50 bits per heavy atom. The molecule has 0 radical (unpaired) electrons. The van der Waals surface area contributed by atoms with Crippen molar-refractivity contribution in [3.05, 3.63) is 34.9 Å². The van der Waals surface area contributed by atoms with Gasteiger partial charge in [0.05, 0.1) is 17.3 Å². The smallest absolute Gasteiger partial charge is 0.106 e. The van der Waals surface area contributed by atoms with Crippen LogP contribution in [0.2, 0.25) is 0 Å². The van der Waals surface area contributed by atoms with Crippen LogP contribution in [-0.2, 0) is 4.84 Å². The molecule has 3 nitrogen and oxygen atoms in total. The molecule has 0 unspecified atom stereocenters. The molecule has 1 aromatic carbocycles. The molecule has 1 aromatic rings. The molecule has 72 valence electrons. The van der Waals surface area contributed by atoms with Crippen LogP contribution in [-0.4, -0.2) is 12.8 Å². The van der Waals surface area contributed by atoms with E-state index in [1.807, 2.05) is 26.0 Å². The fourth-order valence-electron chi connectivity index (χ4n) is 1.24. The number of hydrogen-bond donors (Lipinski definition) is 0. The van der Waals surface area contributed by atoms with Crippen LogP contribution in [0.25, 0.3) is 0 Å². The van der Waals surface area contributed by atoms with Gasteiger partial charge < -0.3 is 4.84 Å². The van der Waals surface area contributed by atoms with E-state index in [0.29, 0.717) is 11.3 Å². The third-order valence-electron chi connectivity index (χ3n) is 1.91. The summed E-state index contributed by atoms with van der Waals surface area (Å²) in [5, 5.41) is 12.7. The molecule has 0 bridgehead atoms. The van der Waals surface area contributed by atoms with E-state index in [1.165, 1.54) is 7.11 Å². The molecule has 0 aromatic heterocycles. The molecule has 0 spiro atoms. The lowest BCUT2D eigenvalue weighted by atomic mass is 10.0. The van der Waals surface area contributed by atoms with Gasteiger partial charge >= 0.3 is 0 Å². The van der Waals surface area contributed by atoms with Crippen molar-refractivity contribution in [3.63, 3.8) is 0 Å². The third-order valence-corrected chi connectivity index (χ3v) is 1.91. The fraction of sp³-hybridized carbons (Fsp3) is 0.273. The van der Waals surface area contributed by atoms with Crippen molar-refractivity contribution in [3.8, 4) is 6.07 Å². The Bertz CT molecular complexity index is 402. The van der Waals surface area contributed by atoms with Crippen LogP contribution in [0.4, 0.5) is 0 Å². The summed E-state index contributed by atoms with van der Waals surface area (Å²) in [6.45, 7) is 3.80. The Morgan fingerprint density at radius 2 is 2.21 bits per heavy atom. The number of nitriles is 1. The van der Waals surface area contributed by atoms with Crippen molar-refractivity contribution in [2.75, 3.05) is 7.11 Å². The van der Waals surface area contributed by atoms with Crippen LogP contribution in [0.15, 0.2) is 23.4 Å². The number of rotatable bonds is 2. The third kappa shape index (κ3) is 2.11. The fourth-order valence-corrected chi connectivity index (χ4v) is 1.24. The average molecular weight is 188 g/mol. The first-order valence-corrected chi connectivity index (χ1v) is 4.28. The lowest BCUT2D eigenvalue weighted by Gasteiger charge is -2.03. The van der Waals surface area contributed by atoms with Gasteiger partial charge in [-0.15, -0.1) is 0 Å². The summed E-state index contributed by atoms with van der Waals surface area (Å²) < 4.78 is 0. The van der Waals surface area contributed by atoms with E-state index >= 15 is 0 Å². The van der Waals surface area contributed by atoms with Gasteiger partial charge in [-0.2, -0.15) is 5.26 Å². The highest BCUT2D eigenvalue weighted by Gasteiger charge is 2.05. The molecule has 14 heavy (non-hydrogen) atoms. The summed E-state index contributed by atoms with van der Waals surface area (Å²) in [6.07, 6.45) is 0. The van der Waals surface area contributed by atoms with Crippen LogP contribution < -0.4 is 0 Å². The quantitative estimate of drug-likeness (QED) is 0.527. The lowest BCUT2D eigenvalue weighted by molar-refractivity contribution is 0.213. The summed E-state index contributed by atoms with van der Waals surface area (Å²) in [7, 11) is 1.49. The number of benzene rings is 1. The zero-order valence-corrected chi connectivity index (χ0v) is 8.53. The standard InChI is InChI=1S/C11H12N2O/c1-8-4-5-10(7-12)11(6-8)9(2)13-14-3/h4-6H,1-3H3/b13-9+.